The zero-order valence-electron chi connectivity index (χ0n) is 8.03. The van der Waals surface area contributed by atoms with Gasteiger partial charge in [-0.1, -0.05) is 6.07 Å². The first kappa shape index (κ1) is 8.81. The van der Waals surface area contributed by atoms with Gasteiger partial charge in [0.2, 0.25) is 0 Å². The van der Waals surface area contributed by atoms with Crippen LogP contribution in [0.1, 0.15) is 6.92 Å². The van der Waals surface area contributed by atoms with Crippen molar-refractivity contribution in [2.45, 2.75) is 6.92 Å². The number of rotatable bonds is 2. The van der Waals surface area contributed by atoms with Crippen LogP contribution >= 0.6 is 0 Å². The Bertz CT molecular complexity index is 454. The third-order valence-corrected chi connectivity index (χ3v) is 2.07. The van der Waals surface area contributed by atoms with Crippen molar-refractivity contribution >= 4 is 16.6 Å². The molecule has 3 nitrogen and oxygen atoms in total. The van der Waals surface area contributed by atoms with Crippen LogP contribution in [0.25, 0.3) is 10.9 Å². The fraction of sp³-hybridized carbons (Fsp3) is 0.182. The number of aromatic nitrogens is 1. The van der Waals surface area contributed by atoms with Crippen molar-refractivity contribution in [3.8, 4) is 5.75 Å². The van der Waals surface area contributed by atoms with Gasteiger partial charge in [0.25, 0.3) is 0 Å². The van der Waals surface area contributed by atoms with Gasteiger partial charge in [-0.15, -0.1) is 0 Å². The highest BCUT2D eigenvalue weighted by Gasteiger charge is 2.04. The van der Waals surface area contributed by atoms with Crippen molar-refractivity contribution in [1.29, 1.82) is 0 Å². The standard InChI is InChI=1S/C11H12N2O/c1-2-14-9-6-5-8-4-3-7-13-11(8)10(9)12/h3-7H,2,12H2,1H3. The van der Waals surface area contributed by atoms with Crippen LogP contribution in [-0.2, 0) is 0 Å². The van der Waals surface area contributed by atoms with Gasteiger partial charge in [-0.05, 0) is 25.1 Å². The Kier molecular flexibility index (Phi) is 2.23. The van der Waals surface area contributed by atoms with Gasteiger partial charge in [-0.25, -0.2) is 0 Å². The third kappa shape index (κ3) is 1.37. The van der Waals surface area contributed by atoms with E-state index < -0.39 is 0 Å². The van der Waals surface area contributed by atoms with Gasteiger partial charge < -0.3 is 10.5 Å². The summed E-state index contributed by atoms with van der Waals surface area (Å²) < 4.78 is 5.38. The average Bonchev–Trinajstić information content (AvgIpc) is 2.23. The average molecular weight is 188 g/mol. The van der Waals surface area contributed by atoms with E-state index in [4.69, 9.17) is 10.5 Å². The third-order valence-electron chi connectivity index (χ3n) is 2.07. The Balaban J connectivity index is 2.63. The number of nitrogens with two attached hydrogens (primary N) is 1. The van der Waals surface area contributed by atoms with Crippen molar-refractivity contribution < 1.29 is 4.74 Å². The van der Waals surface area contributed by atoms with Gasteiger partial charge >= 0.3 is 0 Å². The Morgan fingerprint density at radius 3 is 3.00 bits per heavy atom. The number of nitrogen functional groups attached to an aromatic ring is 1. The topological polar surface area (TPSA) is 48.1 Å². The summed E-state index contributed by atoms with van der Waals surface area (Å²) in [7, 11) is 0. The summed E-state index contributed by atoms with van der Waals surface area (Å²) in [6.45, 7) is 2.55. The molecule has 3 heteroatoms. The van der Waals surface area contributed by atoms with E-state index in [1.165, 1.54) is 0 Å². The van der Waals surface area contributed by atoms with E-state index in [1.807, 2.05) is 31.2 Å². The van der Waals surface area contributed by atoms with Crippen LogP contribution in [0.5, 0.6) is 5.75 Å². The molecule has 1 aromatic carbocycles. The van der Waals surface area contributed by atoms with E-state index >= 15 is 0 Å². The lowest BCUT2D eigenvalue weighted by Gasteiger charge is -2.08. The number of hydrogen-bond acceptors (Lipinski definition) is 3. The molecule has 0 unspecified atom stereocenters. The van der Waals surface area contributed by atoms with Gasteiger partial charge in [-0.3, -0.25) is 4.98 Å². The predicted octanol–water partition coefficient (Wildman–Crippen LogP) is 2.22. The zero-order valence-corrected chi connectivity index (χ0v) is 8.03. The fourth-order valence-corrected chi connectivity index (χ4v) is 1.43. The molecule has 2 N–H and O–H groups in total. The molecule has 0 aliphatic rings. The molecule has 0 fully saturated rings. The quantitative estimate of drug-likeness (QED) is 0.735. The lowest BCUT2D eigenvalue weighted by molar-refractivity contribution is 0.342. The first-order valence-electron chi connectivity index (χ1n) is 4.59. The number of pyridine rings is 1. The molecule has 0 atom stereocenters. The molecule has 0 amide bonds. The second kappa shape index (κ2) is 3.54. The molecule has 0 bridgehead atoms. The molecule has 0 saturated carbocycles. The molecule has 0 spiro atoms. The summed E-state index contributed by atoms with van der Waals surface area (Å²) in [6, 6.07) is 7.71. The Labute approximate surface area is 82.5 Å². The molecule has 2 rings (SSSR count). The van der Waals surface area contributed by atoms with E-state index in [0.717, 1.165) is 10.9 Å². The maximum atomic E-state index is 5.92. The predicted molar refractivity (Wildman–Crippen MR) is 57.3 cm³/mol. The van der Waals surface area contributed by atoms with Gasteiger partial charge in [-0.2, -0.15) is 0 Å². The maximum absolute atomic E-state index is 5.92. The molecular formula is C11H12N2O. The summed E-state index contributed by atoms with van der Waals surface area (Å²) in [5.41, 5.74) is 7.34. The van der Waals surface area contributed by atoms with Crippen LogP contribution in [0.4, 0.5) is 5.69 Å². The Morgan fingerprint density at radius 1 is 1.36 bits per heavy atom. The summed E-state index contributed by atoms with van der Waals surface area (Å²) in [5, 5.41) is 1.04. The summed E-state index contributed by atoms with van der Waals surface area (Å²) in [5.74, 6) is 0.707. The van der Waals surface area contributed by atoms with Crippen molar-refractivity contribution in [3.05, 3.63) is 30.5 Å². The van der Waals surface area contributed by atoms with E-state index in [-0.39, 0.29) is 0 Å². The highest BCUT2D eigenvalue weighted by atomic mass is 16.5. The van der Waals surface area contributed by atoms with E-state index in [1.54, 1.807) is 6.20 Å². The SMILES string of the molecule is CCOc1ccc2cccnc2c1N. The first-order valence-corrected chi connectivity index (χ1v) is 4.59. The number of benzene rings is 1. The molecule has 1 aromatic heterocycles. The highest BCUT2D eigenvalue weighted by Crippen LogP contribution is 2.28. The molecule has 14 heavy (non-hydrogen) atoms. The second-order valence-corrected chi connectivity index (χ2v) is 2.99. The lowest BCUT2D eigenvalue weighted by Crippen LogP contribution is -1.98. The lowest BCUT2D eigenvalue weighted by atomic mass is 10.2. The monoisotopic (exact) mass is 188 g/mol. The Morgan fingerprint density at radius 2 is 2.21 bits per heavy atom. The van der Waals surface area contributed by atoms with Crippen LogP contribution < -0.4 is 10.5 Å². The molecule has 0 aliphatic carbocycles. The minimum atomic E-state index is 0.614. The zero-order chi connectivity index (χ0) is 9.97. The molecule has 2 aromatic rings. The van der Waals surface area contributed by atoms with Crippen LogP contribution in [-0.4, -0.2) is 11.6 Å². The smallest absolute Gasteiger partial charge is 0.144 e. The Hall–Kier alpha value is -1.77. The maximum Gasteiger partial charge on any atom is 0.144 e. The van der Waals surface area contributed by atoms with Crippen molar-refractivity contribution in [1.82, 2.24) is 4.98 Å². The molecule has 0 saturated heterocycles. The molecular weight excluding hydrogens is 176 g/mol. The summed E-state index contributed by atoms with van der Waals surface area (Å²) >= 11 is 0. The normalized spacial score (nSPS) is 10.4. The van der Waals surface area contributed by atoms with Gasteiger partial charge in [0.1, 0.15) is 11.4 Å². The first-order chi connectivity index (χ1) is 6.83. The van der Waals surface area contributed by atoms with Gasteiger partial charge in [0.05, 0.1) is 12.1 Å². The van der Waals surface area contributed by atoms with E-state index in [0.29, 0.717) is 18.0 Å². The minimum Gasteiger partial charge on any atom is -0.492 e. The largest absolute Gasteiger partial charge is 0.492 e. The fourth-order valence-electron chi connectivity index (χ4n) is 1.43. The summed E-state index contributed by atoms with van der Waals surface area (Å²) in [6.07, 6.45) is 1.73. The van der Waals surface area contributed by atoms with Gasteiger partial charge in [0.15, 0.2) is 0 Å². The molecule has 72 valence electrons. The number of hydrogen-bond donors (Lipinski definition) is 1. The van der Waals surface area contributed by atoms with Crippen molar-refractivity contribution in [2.75, 3.05) is 12.3 Å². The van der Waals surface area contributed by atoms with Crippen LogP contribution in [0.3, 0.4) is 0 Å². The second-order valence-electron chi connectivity index (χ2n) is 2.99. The molecule has 0 aliphatic heterocycles. The van der Waals surface area contributed by atoms with Crippen molar-refractivity contribution in [2.24, 2.45) is 0 Å². The van der Waals surface area contributed by atoms with Crippen LogP contribution in [0, 0.1) is 0 Å². The van der Waals surface area contributed by atoms with Gasteiger partial charge in [0, 0.05) is 11.6 Å². The van der Waals surface area contributed by atoms with Crippen molar-refractivity contribution in [3.63, 3.8) is 0 Å². The molecule has 0 radical (unpaired) electrons. The number of nitrogens with zero attached hydrogens (tertiary/aromatic N) is 1. The van der Waals surface area contributed by atoms with Crippen LogP contribution in [0.15, 0.2) is 30.5 Å². The van der Waals surface area contributed by atoms with E-state index in [9.17, 15) is 0 Å². The van der Waals surface area contributed by atoms with Crippen LogP contribution in [0.2, 0.25) is 0 Å². The number of fused-ring (bicyclic) bond motifs is 1. The summed E-state index contributed by atoms with van der Waals surface area (Å²) in [4.78, 5) is 4.22. The highest BCUT2D eigenvalue weighted by molar-refractivity contribution is 5.92. The number of anilines is 1. The minimum absolute atomic E-state index is 0.614. The van der Waals surface area contributed by atoms with E-state index in [2.05, 4.69) is 4.98 Å². The molecule has 1 heterocycles. The number of ether oxygens (including phenoxy) is 1.